The summed E-state index contributed by atoms with van der Waals surface area (Å²) in [6.45, 7) is -1.06. The Morgan fingerprint density at radius 1 is 1.36 bits per heavy atom. The molecule has 0 aliphatic carbocycles. The number of hydrogen-bond donors (Lipinski definition) is 0. The first-order chi connectivity index (χ1) is 11.9. The van der Waals surface area contributed by atoms with Crippen molar-refractivity contribution in [3.05, 3.63) is 35.4 Å². The molecule has 1 fully saturated rings. The third-order valence-electron chi connectivity index (χ3n) is 4.32. The Kier molecular flexibility index (Phi) is 6.48. The predicted octanol–water partition coefficient (Wildman–Crippen LogP) is 2.75. The van der Waals surface area contributed by atoms with E-state index in [1.54, 1.807) is 11.9 Å². The van der Waals surface area contributed by atoms with Crippen LogP contribution in [-0.2, 0) is 4.79 Å². The molecule has 0 aromatic heterocycles. The average Bonchev–Trinajstić information content (AvgIpc) is 2.60. The van der Waals surface area contributed by atoms with E-state index in [-0.39, 0.29) is 23.3 Å². The summed E-state index contributed by atoms with van der Waals surface area (Å²) in [4.78, 5) is 16.4. The van der Waals surface area contributed by atoms with Crippen molar-refractivity contribution < 1.29 is 18.3 Å². The standard InChI is InChI=1S/C18H21F2N3O2/c1-22-9-7-15(8-10-22)23(2)17(24)14(12-21)11-13-3-5-16(6-4-13)25-18(19)20/h3-6,11,15,18H,7-10H2,1-2H3/b14-11-. The van der Waals surface area contributed by atoms with Gasteiger partial charge in [0.2, 0.25) is 0 Å². The Labute approximate surface area is 146 Å². The molecular weight excluding hydrogens is 328 g/mol. The van der Waals surface area contributed by atoms with Gasteiger partial charge in [-0.3, -0.25) is 4.79 Å². The van der Waals surface area contributed by atoms with Gasteiger partial charge in [0.15, 0.2) is 0 Å². The third-order valence-corrected chi connectivity index (χ3v) is 4.32. The van der Waals surface area contributed by atoms with Crippen LogP contribution in [0.2, 0.25) is 0 Å². The second kappa shape index (κ2) is 8.58. The number of amides is 1. The summed E-state index contributed by atoms with van der Waals surface area (Å²) in [6, 6.07) is 7.85. The molecule has 25 heavy (non-hydrogen) atoms. The Balaban J connectivity index is 2.08. The van der Waals surface area contributed by atoms with Crippen LogP contribution in [0.25, 0.3) is 6.08 Å². The van der Waals surface area contributed by atoms with Gasteiger partial charge in [-0.05, 0) is 56.8 Å². The smallest absolute Gasteiger partial charge is 0.387 e. The Bertz CT molecular complexity index is 660. The average molecular weight is 349 g/mol. The van der Waals surface area contributed by atoms with Crippen LogP contribution in [0.4, 0.5) is 8.78 Å². The number of piperidine rings is 1. The highest BCUT2D eigenvalue weighted by molar-refractivity contribution is 6.01. The van der Waals surface area contributed by atoms with Crippen molar-refractivity contribution in [2.75, 3.05) is 27.2 Å². The van der Waals surface area contributed by atoms with Gasteiger partial charge in [0.25, 0.3) is 5.91 Å². The lowest BCUT2D eigenvalue weighted by molar-refractivity contribution is -0.128. The molecule has 0 bridgehead atoms. The van der Waals surface area contributed by atoms with Crippen LogP contribution in [-0.4, -0.2) is 55.5 Å². The number of hydrogen-bond acceptors (Lipinski definition) is 4. The van der Waals surface area contributed by atoms with E-state index in [9.17, 15) is 18.8 Å². The van der Waals surface area contributed by atoms with Crippen molar-refractivity contribution in [3.8, 4) is 11.8 Å². The van der Waals surface area contributed by atoms with Gasteiger partial charge in [-0.1, -0.05) is 12.1 Å². The van der Waals surface area contributed by atoms with E-state index in [1.807, 2.05) is 13.1 Å². The maximum absolute atomic E-state index is 12.6. The van der Waals surface area contributed by atoms with Gasteiger partial charge in [0, 0.05) is 13.1 Å². The van der Waals surface area contributed by atoms with Crippen LogP contribution in [0, 0.1) is 11.3 Å². The molecular formula is C18H21F2N3O2. The number of halogens is 2. The van der Waals surface area contributed by atoms with Gasteiger partial charge >= 0.3 is 6.61 Å². The molecule has 7 heteroatoms. The number of likely N-dealkylation sites (N-methyl/N-ethyl adjacent to an activating group) is 1. The van der Waals surface area contributed by atoms with Crippen molar-refractivity contribution in [2.24, 2.45) is 0 Å². The minimum absolute atomic E-state index is 0.0176. The molecule has 134 valence electrons. The van der Waals surface area contributed by atoms with Gasteiger partial charge < -0.3 is 14.5 Å². The summed E-state index contributed by atoms with van der Waals surface area (Å²) in [5.41, 5.74) is 0.590. The van der Waals surface area contributed by atoms with Crippen LogP contribution in [0.5, 0.6) is 5.75 Å². The van der Waals surface area contributed by atoms with Gasteiger partial charge in [0.1, 0.15) is 17.4 Å². The number of nitriles is 1. The van der Waals surface area contributed by atoms with Crippen LogP contribution >= 0.6 is 0 Å². The van der Waals surface area contributed by atoms with Crippen LogP contribution in [0.15, 0.2) is 29.8 Å². The lowest BCUT2D eigenvalue weighted by Crippen LogP contribution is -2.44. The van der Waals surface area contributed by atoms with E-state index < -0.39 is 6.61 Å². The molecule has 0 saturated carbocycles. The molecule has 5 nitrogen and oxygen atoms in total. The zero-order chi connectivity index (χ0) is 18.4. The van der Waals surface area contributed by atoms with Gasteiger partial charge in [0.05, 0.1) is 0 Å². The molecule has 0 N–H and O–H groups in total. The molecule has 1 aromatic carbocycles. The molecule has 2 rings (SSSR count). The largest absolute Gasteiger partial charge is 0.435 e. The number of nitrogens with zero attached hydrogens (tertiary/aromatic N) is 3. The summed E-state index contributed by atoms with van der Waals surface area (Å²) >= 11 is 0. The van der Waals surface area contributed by atoms with Gasteiger partial charge in [-0.25, -0.2) is 0 Å². The van der Waals surface area contributed by atoms with Crippen LogP contribution in [0.3, 0.4) is 0 Å². The summed E-state index contributed by atoms with van der Waals surface area (Å²) in [5, 5.41) is 9.32. The normalized spacial score (nSPS) is 16.6. The molecule has 1 heterocycles. The molecule has 0 radical (unpaired) electrons. The topological polar surface area (TPSA) is 56.6 Å². The maximum atomic E-state index is 12.6. The fraction of sp³-hybridized carbons (Fsp3) is 0.444. The number of likely N-dealkylation sites (tertiary alicyclic amines) is 1. The third kappa shape index (κ3) is 5.26. The molecule has 1 amide bonds. The quantitative estimate of drug-likeness (QED) is 0.606. The molecule has 1 aromatic rings. The fourth-order valence-electron chi connectivity index (χ4n) is 2.79. The summed E-state index contributed by atoms with van der Waals surface area (Å²) in [6.07, 6.45) is 3.20. The summed E-state index contributed by atoms with van der Waals surface area (Å²) in [5.74, 6) is -0.301. The number of ether oxygens (including phenoxy) is 1. The maximum Gasteiger partial charge on any atom is 0.387 e. The van der Waals surface area contributed by atoms with Gasteiger partial charge in [-0.15, -0.1) is 0 Å². The van der Waals surface area contributed by atoms with E-state index in [2.05, 4.69) is 9.64 Å². The molecule has 1 aliphatic rings. The van der Waals surface area contributed by atoms with Crippen molar-refractivity contribution in [2.45, 2.75) is 25.5 Å². The van der Waals surface area contributed by atoms with Crippen molar-refractivity contribution in [1.82, 2.24) is 9.80 Å². The highest BCUT2D eigenvalue weighted by atomic mass is 19.3. The zero-order valence-electron chi connectivity index (χ0n) is 14.3. The Morgan fingerprint density at radius 3 is 2.48 bits per heavy atom. The van der Waals surface area contributed by atoms with E-state index in [4.69, 9.17) is 0 Å². The number of carbonyl (C=O) groups excluding carboxylic acids is 1. The number of rotatable bonds is 5. The van der Waals surface area contributed by atoms with E-state index >= 15 is 0 Å². The number of benzene rings is 1. The second-order valence-corrected chi connectivity index (χ2v) is 6.07. The molecule has 0 atom stereocenters. The number of alkyl halides is 2. The van der Waals surface area contributed by atoms with Crippen molar-refractivity contribution in [1.29, 1.82) is 5.26 Å². The first kappa shape index (κ1) is 18.9. The lowest BCUT2D eigenvalue weighted by atomic mass is 10.0. The predicted molar refractivity (Wildman–Crippen MR) is 90.0 cm³/mol. The summed E-state index contributed by atoms with van der Waals surface area (Å²) < 4.78 is 28.6. The van der Waals surface area contributed by atoms with E-state index in [1.165, 1.54) is 30.3 Å². The summed E-state index contributed by atoms with van der Waals surface area (Å²) in [7, 11) is 3.75. The lowest BCUT2D eigenvalue weighted by Gasteiger charge is -2.35. The van der Waals surface area contributed by atoms with E-state index in [0.29, 0.717) is 5.56 Å². The molecule has 0 spiro atoms. The fourth-order valence-corrected chi connectivity index (χ4v) is 2.79. The molecule has 1 aliphatic heterocycles. The zero-order valence-corrected chi connectivity index (χ0v) is 14.3. The molecule has 1 saturated heterocycles. The first-order valence-corrected chi connectivity index (χ1v) is 8.03. The highest BCUT2D eigenvalue weighted by Crippen LogP contribution is 2.19. The minimum Gasteiger partial charge on any atom is -0.435 e. The highest BCUT2D eigenvalue weighted by Gasteiger charge is 2.25. The van der Waals surface area contributed by atoms with Crippen LogP contribution < -0.4 is 4.74 Å². The van der Waals surface area contributed by atoms with E-state index in [0.717, 1.165) is 25.9 Å². The number of carbonyl (C=O) groups is 1. The van der Waals surface area contributed by atoms with Crippen LogP contribution in [0.1, 0.15) is 18.4 Å². The van der Waals surface area contributed by atoms with Crippen molar-refractivity contribution in [3.63, 3.8) is 0 Å². The molecule has 0 unspecified atom stereocenters. The second-order valence-electron chi connectivity index (χ2n) is 6.07. The first-order valence-electron chi connectivity index (χ1n) is 8.03. The monoisotopic (exact) mass is 349 g/mol. The Morgan fingerprint density at radius 2 is 1.96 bits per heavy atom. The van der Waals surface area contributed by atoms with Gasteiger partial charge in [-0.2, -0.15) is 14.0 Å². The Hall–Kier alpha value is -2.46. The SMILES string of the molecule is CN1CCC(N(C)C(=O)/C(C#N)=C\c2ccc(OC(F)F)cc2)CC1. The minimum atomic E-state index is -2.89. The van der Waals surface area contributed by atoms with Crippen molar-refractivity contribution >= 4 is 12.0 Å².